The fraction of sp³-hybridized carbons (Fsp3) is 0.632. The first-order valence-electron chi connectivity index (χ1n) is 18.5. The summed E-state index contributed by atoms with van der Waals surface area (Å²) in [6.07, 6.45) is -5.75. The van der Waals surface area contributed by atoms with E-state index in [-0.39, 0.29) is 60.7 Å². The Bertz CT molecular complexity index is 1620. The minimum Gasteiger partial charge on any atom is -0.474 e. The molecule has 0 bridgehead atoms. The van der Waals surface area contributed by atoms with Gasteiger partial charge in [0.2, 0.25) is 11.8 Å². The van der Waals surface area contributed by atoms with Gasteiger partial charge in [0.1, 0.15) is 13.2 Å². The molecule has 2 N–H and O–H groups in total. The number of hydrogen-bond acceptors (Lipinski definition) is 12. The Labute approximate surface area is 333 Å². The molecule has 0 saturated carbocycles. The topological polar surface area (TPSA) is 175 Å². The highest BCUT2D eigenvalue weighted by atomic mass is 19.4. The van der Waals surface area contributed by atoms with Crippen molar-refractivity contribution in [2.75, 3.05) is 52.5 Å². The molecule has 2 fully saturated rings. The van der Waals surface area contributed by atoms with Crippen molar-refractivity contribution in [1.82, 2.24) is 30.4 Å². The first-order valence-corrected chi connectivity index (χ1v) is 18.5. The average molecular weight is 829 g/mol. The monoisotopic (exact) mass is 828 g/mol. The fourth-order valence-corrected chi connectivity index (χ4v) is 6.11. The van der Waals surface area contributed by atoms with Crippen LogP contribution < -0.4 is 29.6 Å². The Morgan fingerprint density at radius 2 is 1.09 bits per heavy atom. The molecule has 4 rings (SSSR count). The number of likely N-dealkylation sites (tertiary alicyclic amines) is 2. The summed E-state index contributed by atoms with van der Waals surface area (Å²) in [5, 5.41) is 23.6. The van der Waals surface area contributed by atoms with E-state index >= 15 is 0 Å². The van der Waals surface area contributed by atoms with E-state index in [9.17, 15) is 35.9 Å². The molecule has 2 aromatic heterocycles. The van der Waals surface area contributed by atoms with Crippen molar-refractivity contribution in [2.45, 2.75) is 79.2 Å². The lowest BCUT2D eigenvalue weighted by Gasteiger charge is -2.37. The molecule has 0 aliphatic carbocycles. The molecule has 58 heavy (non-hydrogen) atoms. The summed E-state index contributed by atoms with van der Waals surface area (Å²) < 4.78 is 93.6. The highest BCUT2D eigenvalue weighted by Gasteiger charge is 2.38. The van der Waals surface area contributed by atoms with Gasteiger partial charge >= 0.3 is 12.7 Å². The first kappa shape index (κ1) is 47.3. The number of amides is 2. The predicted octanol–water partition coefficient (Wildman–Crippen LogP) is 5.47. The van der Waals surface area contributed by atoms with Crippen LogP contribution in [0, 0.1) is 45.3 Å². The Balaban J connectivity index is 0.000000310. The summed E-state index contributed by atoms with van der Waals surface area (Å²) in [5.41, 5.74) is -2.01. The van der Waals surface area contributed by atoms with Crippen LogP contribution >= 0.6 is 0 Å². The molecular formula is C38H50F6N8O6. The number of hydrogen-bond donors (Lipinski definition) is 2. The number of aromatic nitrogens is 2. The molecule has 4 heterocycles. The second-order valence-electron chi connectivity index (χ2n) is 15.5. The lowest BCUT2D eigenvalue weighted by molar-refractivity contribution is -0.276. The number of carbonyl (C=O) groups excluding carboxylic acids is 2. The minimum absolute atomic E-state index is 0.0457. The van der Waals surface area contributed by atoms with Gasteiger partial charge in [-0.25, -0.2) is 9.97 Å². The van der Waals surface area contributed by atoms with Crippen molar-refractivity contribution in [3.05, 3.63) is 36.7 Å². The zero-order valence-electron chi connectivity index (χ0n) is 33.2. The summed E-state index contributed by atoms with van der Waals surface area (Å²) in [4.78, 5) is 37.1. The van der Waals surface area contributed by atoms with Gasteiger partial charge in [-0.1, -0.05) is 13.8 Å². The summed E-state index contributed by atoms with van der Waals surface area (Å²) in [5.74, 6) is -1.98. The molecule has 2 aliphatic heterocycles. The van der Waals surface area contributed by atoms with Crippen LogP contribution in [-0.2, 0) is 9.59 Å². The third-order valence-electron chi connectivity index (χ3n) is 9.49. The number of nitriles is 2. The van der Waals surface area contributed by atoms with Crippen LogP contribution in [0.25, 0.3) is 0 Å². The second kappa shape index (κ2) is 20.6. The lowest BCUT2D eigenvalue weighted by Crippen LogP contribution is -2.53. The van der Waals surface area contributed by atoms with E-state index in [1.807, 2.05) is 23.6 Å². The van der Waals surface area contributed by atoms with Crippen LogP contribution in [0.15, 0.2) is 36.7 Å². The number of nitrogens with one attached hydrogen (secondary N) is 2. The second-order valence-corrected chi connectivity index (χ2v) is 15.5. The molecule has 2 saturated heterocycles. The normalized spacial score (nSPS) is 20.6. The van der Waals surface area contributed by atoms with E-state index in [2.05, 4.69) is 42.2 Å². The molecule has 0 unspecified atom stereocenters. The minimum atomic E-state index is -4.87. The maximum absolute atomic E-state index is 12.7. The van der Waals surface area contributed by atoms with E-state index in [0.29, 0.717) is 39.3 Å². The van der Waals surface area contributed by atoms with Crippen molar-refractivity contribution in [3.63, 3.8) is 0 Å². The Hall–Kier alpha value is -5.08. The Kier molecular flexibility index (Phi) is 16.8. The van der Waals surface area contributed by atoms with Crippen molar-refractivity contribution in [1.29, 1.82) is 10.5 Å². The number of ether oxygens (including phenoxy) is 4. The molecule has 20 heteroatoms. The third-order valence-corrected chi connectivity index (χ3v) is 9.49. The highest BCUT2D eigenvalue weighted by molar-refractivity contribution is 5.82. The maximum atomic E-state index is 12.7. The standard InChI is InChI=1S/2C19H25F3N4O3/c2*1-13-11-26(10-7-23)9-6-14(13)25-17(27)18(2,3)12-28-16-15(5-4-8-24-16)29-19(20,21)22/h2*4-5,8,13-14H,6,9-12H2,1-3H3,(H,25,27)/t2*13-,14-/m10/s1. The summed E-state index contributed by atoms with van der Waals surface area (Å²) in [6.45, 7) is 13.8. The smallest absolute Gasteiger partial charge is 0.474 e. The predicted molar refractivity (Wildman–Crippen MR) is 196 cm³/mol. The van der Waals surface area contributed by atoms with Crippen LogP contribution in [0.1, 0.15) is 54.4 Å². The molecule has 0 spiro atoms. The van der Waals surface area contributed by atoms with Gasteiger partial charge in [0.25, 0.3) is 11.8 Å². The van der Waals surface area contributed by atoms with Crippen LogP contribution in [0.2, 0.25) is 0 Å². The largest absolute Gasteiger partial charge is 0.573 e. The van der Waals surface area contributed by atoms with Gasteiger partial charge in [0.15, 0.2) is 11.5 Å². The van der Waals surface area contributed by atoms with Crippen molar-refractivity contribution in [2.24, 2.45) is 22.7 Å². The zero-order valence-corrected chi connectivity index (χ0v) is 33.2. The maximum Gasteiger partial charge on any atom is 0.573 e. The van der Waals surface area contributed by atoms with E-state index in [1.165, 1.54) is 24.5 Å². The molecular weight excluding hydrogens is 778 g/mol. The third kappa shape index (κ3) is 15.4. The van der Waals surface area contributed by atoms with Crippen molar-refractivity contribution in [3.8, 4) is 35.4 Å². The molecule has 2 aliphatic rings. The summed E-state index contributed by atoms with van der Waals surface area (Å²) in [6, 6.07) is 8.95. The van der Waals surface area contributed by atoms with Gasteiger partial charge in [0.05, 0.1) is 36.1 Å². The first-order chi connectivity index (χ1) is 27.0. The van der Waals surface area contributed by atoms with E-state index in [4.69, 9.17) is 20.0 Å². The number of halogens is 6. The van der Waals surface area contributed by atoms with Crippen LogP contribution in [0.4, 0.5) is 26.3 Å². The van der Waals surface area contributed by atoms with Crippen molar-refractivity contribution < 1.29 is 54.9 Å². The van der Waals surface area contributed by atoms with E-state index in [0.717, 1.165) is 25.0 Å². The van der Waals surface area contributed by atoms with Gasteiger partial charge in [-0.05, 0) is 76.6 Å². The molecule has 14 nitrogen and oxygen atoms in total. The molecule has 4 atom stereocenters. The SMILES string of the molecule is C[C@@H]1CN(CC#N)CC[C@H]1NC(=O)C(C)(C)COc1ncccc1OC(F)(F)F.C[C@H]1CN(CC#N)CC[C@@H]1NC(=O)C(C)(C)COc1ncccc1OC(F)(F)F. The van der Waals surface area contributed by atoms with Crippen LogP contribution in [0.5, 0.6) is 23.3 Å². The fourth-order valence-electron chi connectivity index (χ4n) is 6.11. The van der Waals surface area contributed by atoms with Gasteiger partial charge in [0, 0.05) is 50.7 Å². The number of piperidine rings is 2. The average Bonchev–Trinajstić information content (AvgIpc) is 3.12. The quantitative estimate of drug-likeness (QED) is 0.182. The van der Waals surface area contributed by atoms with Crippen molar-refractivity contribution >= 4 is 11.8 Å². The molecule has 2 aromatic rings. The molecule has 0 radical (unpaired) electrons. The van der Waals surface area contributed by atoms with Crippen LogP contribution in [0.3, 0.4) is 0 Å². The summed E-state index contributed by atoms with van der Waals surface area (Å²) in [7, 11) is 0. The number of rotatable bonds is 14. The molecule has 2 amide bonds. The van der Waals surface area contributed by atoms with Gasteiger partial charge in [-0.3, -0.25) is 19.4 Å². The number of pyridine rings is 2. The Morgan fingerprint density at radius 1 is 0.724 bits per heavy atom. The summed E-state index contributed by atoms with van der Waals surface area (Å²) >= 11 is 0. The van der Waals surface area contributed by atoms with Gasteiger partial charge < -0.3 is 29.6 Å². The van der Waals surface area contributed by atoms with Crippen LogP contribution in [-0.4, -0.2) is 109 Å². The van der Waals surface area contributed by atoms with E-state index in [1.54, 1.807) is 27.7 Å². The number of alkyl halides is 6. The molecule has 320 valence electrons. The zero-order chi connectivity index (χ0) is 43.3. The lowest BCUT2D eigenvalue weighted by atomic mass is 9.89. The van der Waals surface area contributed by atoms with Gasteiger partial charge in [-0.15, -0.1) is 26.3 Å². The Morgan fingerprint density at radius 3 is 1.40 bits per heavy atom. The van der Waals surface area contributed by atoms with E-state index < -0.39 is 35.1 Å². The number of carbonyl (C=O) groups is 2. The number of nitrogens with zero attached hydrogens (tertiary/aromatic N) is 6. The molecule has 0 aromatic carbocycles. The van der Waals surface area contributed by atoms with Gasteiger partial charge in [-0.2, -0.15) is 10.5 Å². The highest BCUT2D eigenvalue weighted by Crippen LogP contribution is 2.33.